The highest BCUT2D eigenvalue weighted by molar-refractivity contribution is 7.19. The number of halogens is 4. The van der Waals surface area contributed by atoms with Crippen molar-refractivity contribution in [3.05, 3.63) is 47.9 Å². The third kappa shape index (κ3) is 5.40. The molecule has 0 radical (unpaired) electrons. The van der Waals surface area contributed by atoms with Crippen LogP contribution in [0.5, 0.6) is 11.5 Å². The molecule has 1 amide bonds. The number of thiazole rings is 1. The average Bonchev–Trinajstić information content (AvgIpc) is 3.33. The van der Waals surface area contributed by atoms with Crippen LogP contribution < -0.4 is 14.8 Å². The van der Waals surface area contributed by atoms with Crippen molar-refractivity contribution in [1.29, 1.82) is 0 Å². The Bertz CT molecular complexity index is 1100. The number of nitrogens with zero attached hydrogens (tertiary/aromatic N) is 3. The van der Waals surface area contributed by atoms with Crippen LogP contribution in [0.2, 0.25) is 0 Å². The van der Waals surface area contributed by atoms with E-state index in [2.05, 4.69) is 20.0 Å². The van der Waals surface area contributed by atoms with Crippen molar-refractivity contribution in [2.45, 2.75) is 20.1 Å². The Kier molecular flexibility index (Phi) is 6.90. The molecule has 0 spiro atoms. The second-order valence-corrected chi connectivity index (χ2v) is 6.98. The fraction of sp³-hybridized carbons (Fsp3) is 0.211. The third-order valence-corrected chi connectivity index (χ3v) is 5.01. The molecule has 7 nitrogen and oxygen atoms in total. The van der Waals surface area contributed by atoms with E-state index in [0.29, 0.717) is 20.7 Å². The Labute approximate surface area is 178 Å². The van der Waals surface area contributed by atoms with Crippen LogP contribution in [0.15, 0.2) is 36.7 Å². The molecular weight excluding hydrogens is 440 g/mol. The quantitative estimate of drug-likeness (QED) is 0.383. The van der Waals surface area contributed by atoms with Crippen molar-refractivity contribution in [2.24, 2.45) is 0 Å². The van der Waals surface area contributed by atoms with Crippen LogP contribution in [-0.4, -0.2) is 34.2 Å². The fourth-order valence-electron chi connectivity index (χ4n) is 2.60. The number of nitrogens with one attached hydrogen (secondary N) is 1. The fourth-order valence-corrected chi connectivity index (χ4v) is 3.57. The number of carbonyl (C=O) groups is 1. The number of ether oxygens (including phenoxy) is 2. The van der Waals surface area contributed by atoms with Gasteiger partial charge in [-0.2, -0.15) is 17.6 Å². The maximum Gasteiger partial charge on any atom is 0.387 e. The molecule has 1 N–H and O–H groups in total. The molecule has 3 aromatic rings. The summed E-state index contributed by atoms with van der Waals surface area (Å²) in [5, 5.41) is 2.76. The molecule has 0 atom stereocenters. The summed E-state index contributed by atoms with van der Waals surface area (Å²) in [5.74, 6) is -0.520. The summed E-state index contributed by atoms with van der Waals surface area (Å²) < 4.78 is 61.0. The summed E-state index contributed by atoms with van der Waals surface area (Å²) in [6, 6.07) is 4.20. The SMILES string of the molecule is COc1cc(C=CC(=O)Nc2nc(C)c(-c3nccn3C(F)F)s2)ccc1OC(F)F. The van der Waals surface area contributed by atoms with Gasteiger partial charge in [-0.05, 0) is 30.7 Å². The largest absolute Gasteiger partial charge is 0.493 e. The van der Waals surface area contributed by atoms with Crippen molar-refractivity contribution in [3.8, 4) is 22.2 Å². The van der Waals surface area contributed by atoms with Gasteiger partial charge in [0.25, 0.3) is 0 Å². The third-order valence-electron chi connectivity index (χ3n) is 3.94. The van der Waals surface area contributed by atoms with Crippen molar-refractivity contribution >= 4 is 28.5 Å². The molecule has 0 fully saturated rings. The number of imidazole rings is 1. The van der Waals surface area contributed by atoms with Crippen molar-refractivity contribution in [3.63, 3.8) is 0 Å². The van der Waals surface area contributed by atoms with Crippen LogP contribution >= 0.6 is 11.3 Å². The zero-order chi connectivity index (χ0) is 22.5. The van der Waals surface area contributed by atoms with Gasteiger partial charge < -0.3 is 9.47 Å². The summed E-state index contributed by atoms with van der Waals surface area (Å²) in [4.78, 5) is 20.7. The molecule has 0 aliphatic heterocycles. The van der Waals surface area contributed by atoms with Crippen LogP contribution in [0.1, 0.15) is 17.8 Å². The highest BCUT2D eigenvalue weighted by Gasteiger charge is 2.19. The number of amides is 1. The van der Waals surface area contributed by atoms with E-state index < -0.39 is 19.1 Å². The number of hydrogen-bond donors (Lipinski definition) is 1. The minimum absolute atomic E-state index is 0.0549. The summed E-state index contributed by atoms with van der Waals surface area (Å²) >= 11 is 1.01. The predicted octanol–water partition coefficient (Wildman–Crippen LogP) is 4.97. The molecule has 1 aromatic carbocycles. The Hall–Kier alpha value is -3.41. The van der Waals surface area contributed by atoms with Crippen LogP contribution in [0, 0.1) is 6.92 Å². The van der Waals surface area contributed by atoms with Gasteiger partial charge in [-0.3, -0.25) is 14.7 Å². The molecular formula is C19H16F4N4O3S. The first-order chi connectivity index (χ1) is 14.8. The topological polar surface area (TPSA) is 78.3 Å². The summed E-state index contributed by atoms with van der Waals surface area (Å²) in [6.45, 7) is -4.13. The normalized spacial score (nSPS) is 11.5. The number of hydrogen-bond acceptors (Lipinski definition) is 6. The highest BCUT2D eigenvalue weighted by atomic mass is 32.1. The molecule has 31 heavy (non-hydrogen) atoms. The smallest absolute Gasteiger partial charge is 0.387 e. The van der Waals surface area contributed by atoms with Gasteiger partial charge in [0.1, 0.15) is 0 Å². The Morgan fingerprint density at radius 2 is 2.03 bits per heavy atom. The van der Waals surface area contributed by atoms with Crippen LogP contribution in [0.4, 0.5) is 22.7 Å². The predicted molar refractivity (Wildman–Crippen MR) is 107 cm³/mol. The Morgan fingerprint density at radius 3 is 2.71 bits per heavy atom. The number of rotatable bonds is 8. The first kappa shape index (κ1) is 22.3. The number of benzene rings is 1. The van der Waals surface area contributed by atoms with Crippen LogP contribution in [0.3, 0.4) is 0 Å². The standard InChI is InChI=1S/C19H16F4N4O3S/c1-10-15(16-24-7-8-27(16)17(20)21)31-19(25-10)26-14(28)6-4-11-3-5-12(30-18(22)23)13(9-11)29-2/h3-9,17-18H,1-2H3,(H,25,26,28). The lowest BCUT2D eigenvalue weighted by Gasteiger charge is -2.10. The molecule has 0 aliphatic rings. The van der Waals surface area contributed by atoms with Gasteiger partial charge >= 0.3 is 13.2 Å². The Balaban J connectivity index is 1.71. The molecule has 2 aromatic heterocycles. The van der Waals surface area contributed by atoms with Gasteiger partial charge in [-0.1, -0.05) is 17.4 Å². The molecule has 12 heteroatoms. The molecule has 2 heterocycles. The minimum atomic E-state index is -2.99. The van der Waals surface area contributed by atoms with E-state index in [1.165, 1.54) is 43.7 Å². The van der Waals surface area contributed by atoms with E-state index in [1.807, 2.05) is 0 Å². The average molecular weight is 456 g/mol. The Morgan fingerprint density at radius 1 is 1.26 bits per heavy atom. The molecule has 164 valence electrons. The van der Waals surface area contributed by atoms with Crippen molar-refractivity contribution in [1.82, 2.24) is 14.5 Å². The first-order valence-corrected chi connectivity index (χ1v) is 9.51. The monoisotopic (exact) mass is 456 g/mol. The molecule has 0 saturated heterocycles. The zero-order valence-corrected chi connectivity index (χ0v) is 17.0. The highest BCUT2D eigenvalue weighted by Crippen LogP contribution is 2.33. The van der Waals surface area contributed by atoms with Crippen LogP contribution in [0.25, 0.3) is 16.8 Å². The van der Waals surface area contributed by atoms with Gasteiger partial charge in [0, 0.05) is 18.5 Å². The number of carbonyl (C=O) groups excluding carboxylic acids is 1. The first-order valence-electron chi connectivity index (χ1n) is 8.69. The molecule has 0 aliphatic carbocycles. The zero-order valence-electron chi connectivity index (χ0n) is 16.2. The molecule has 0 bridgehead atoms. The second kappa shape index (κ2) is 9.60. The minimum Gasteiger partial charge on any atom is -0.493 e. The lowest BCUT2D eigenvalue weighted by Crippen LogP contribution is -2.07. The van der Waals surface area contributed by atoms with E-state index in [-0.39, 0.29) is 22.5 Å². The van der Waals surface area contributed by atoms with E-state index in [4.69, 9.17) is 4.74 Å². The van der Waals surface area contributed by atoms with Gasteiger partial charge in [0.05, 0.1) is 17.7 Å². The number of anilines is 1. The maximum absolute atomic E-state index is 13.1. The molecule has 0 unspecified atom stereocenters. The number of aromatic nitrogens is 3. The number of alkyl halides is 4. The van der Waals surface area contributed by atoms with Crippen molar-refractivity contribution in [2.75, 3.05) is 12.4 Å². The summed E-state index contributed by atoms with van der Waals surface area (Å²) in [7, 11) is 1.30. The van der Waals surface area contributed by atoms with Crippen LogP contribution in [-0.2, 0) is 4.79 Å². The summed E-state index contributed by atoms with van der Waals surface area (Å²) in [5.41, 5.74) is 0.945. The van der Waals surface area contributed by atoms with E-state index in [1.54, 1.807) is 6.92 Å². The van der Waals surface area contributed by atoms with Crippen molar-refractivity contribution < 1.29 is 31.8 Å². The number of aryl methyl sites for hydroxylation is 1. The van der Waals surface area contributed by atoms with Gasteiger partial charge in [-0.15, -0.1) is 0 Å². The van der Waals surface area contributed by atoms with Gasteiger partial charge in [0.15, 0.2) is 22.5 Å². The molecule has 0 saturated carbocycles. The molecule has 3 rings (SSSR count). The van der Waals surface area contributed by atoms with E-state index in [0.717, 1.165) is 17.5 Å². The van der Waals surface area contributed by atoms with E-state index in [9.17, 15) is 22.4 Å². The summed E-state index contributed by atoms with van der Waals surface area (Å²) in [6.07, 6.45) is 5.06. The van der Waals surface area contributed by atoms with Gasteiger partial charge in [-0.25, -0.2) is 9.97 Å². The van der Waals surface area contributed by atoms with Gasteiger partial charge in [0.2, 0.25) is 5.91 Å². The van der Waals surface area contributed by atoms with E-state index >= 15 is 0 Å². The maximum atomic E-state index is 13.1. The lowest BCUT2D eigenvalue weighted by atomic mass is 10.2. The lowest BCUT2D eigenvalue weighted by molar-refractivity contribution is -0.111. The number of methoxy groups -OCH3 is 1. The second-order valence-electron chi connectivity index (χ2n) is 5.98.